The van der Waals surface area contributed by atoms with Gasteiger partial charge < -0.3 is 9.73 Å². The zero-order valence-electron chi connectivity index (χ0n) is 16.3. The Morgan fingerprint density at radius 2 is 1.87 bits per heavy atom. The number of anilines is 1. The lowest BCUT2D eigenvalue weighted by Crippen LogP contribution is -2.15. The number of halogens is 3. The van der Waals surface area contributed by atoms with Gasteiger partial charge in [0.2, 0.25) is 11.7 Å². The first-order valence-corrected chi connectivity index (χ1v) is 10.4. The molecule has 0 aliphatic carbocycles. The van der Waals surface area contributed by atoms with E-state index in [0.29, 0.717) is 29.0 Å². The number of rotatable bonds is 6. The molecule has 160 valence electrons. The molecule has 0 radical (unpaired) electrons. The highest BCUT2D eigenvalue weighted by atomic mass is 32.2. The number of furan rings is 1. The van der Waals surface area contributed by atoms with E-state index in [1.54, 1.807) is 0 Å². The fourth-order valence-corrected chi connectivity index (χ4v) is 3.83. The van der Waals surface area contributed by atoms with Gasteiger partial charge in [-0.3, -0.25) is 9.36 Å². The summed E-state index contributed by atoms with van der Waals surface area (Å²) in [4.78, 5) is 12.2. The monoisotopic (exact) mass is 446 g/mol. The highest BCUT2D eigenvalue weighted by molar-refractivity contribution is 7.99. The molecule has 0 aliphatic rings. The Bertz CT molecular complexity index is 1180. The molecule has 0 bridgehead atoms. The number of alkyl halides is 3. The van der Waals surface area contributed by atoms with Crippen LogP contribution in [0.15, 0.2) is 64.2 Å². The summed E-state index contributed by atoms with van der Waals surface area (Å²) in [5, 5.41) is 12.4. The van der Waals surface area contributed by atoms with Gasteiger partial charge in [-0.1, -0.05) is 30.0 Å². The van der Waals surface area contributed by atoms with E-state index in [4.69, 9.17) is 4.42 Å². The molecule has 0 unspecified atom stereocenters. The minimum absolute atomic E-state index is 0.0271. The van der Waals surface area contributed by atoms with Gasteiger partial charge >= 0.3 is 6.18 Å². The number of carbonyl (C=O) groups excluding carboxylic acids is 1. The molecule has 31 heavy (non-hydrogen) atoms. The van der Waals surface area contributed by atoms with E-state index >= 15 is 0 Å². The van der Waals surface area contributed by atoms with Crippen molar-refractivity contribution in [3.05, 3.63) is 60.2 Å². The number of hydrogen-bond acceptors (Lipinski definition) is 5. The largest absolute Gasteiger partial charge is 0.453 e. The third-order valence-electron chi connectivity index (χ3n) is 4.51. The fourth-order valence-electron chi connectivity index (χ4n) is 3.02. The predicted molar refractivity (Wildman–Crippen MR) is 112 cm³/mol. The molecule has 6 nitrogen and oxygen atoms in total. The van der Waals surface area contributed by atoms with Crippen LogP contribution in [0.2, 0.25) is 0 Å². The number of nitrogens with zero attached hydrogens (tertiary/aromatic N) is 3. The average molecular weight is 446 g/mol. The summed E-state index contributed by atoms with van der Waals surface area (Å²) in [6.45, 7) is 2.50. The molecule has 0 saturated carbocycles. The van der Waals surface area contributed by atoms with Crippen molar-refractivity contribution in [2.24, 2.45) is 0 Å². The van der Waals surface area contributed by atoms with Gasteiger partial charge in [-0.2, -0.15) is 13.2 Å². The first-order valence-electron chi connectivity index (χ1n) is 9.37. The van der Waals surface area contributed by atoms with Gasteiger partial charge in [-0.15, -0.1) is 10.2 Å². The zero-order chi connectivity index (χ0) is 22.0. The van der Waals surface area contributed by atoms with Crippen molar-refractivity contribution in [3.8, 4) is 11.6 Å². The van der Waals surface area contributed by atoms with Crippen LogP contribution in [0, 0.1) is 0 Å². The smallest absolute Gasteiger partial charge is 0.416 e. The van der Waals surface area contributed by atoms with Crippen LogP contribution in [-0.4, -0.2) is 26.4 Å². The van der Waals surface area contributed by atoms with E-state index in [9.17, 15) is 18.0 Å². The second-order valence-electron chi connectivity index (χ2n) is 6.61. The molecule has 1 amide bonds. The Kier molecular flexibility index (Phi) is 5.73. The molecule has 1 N–H and O–H groups in total. The van der Waals surface area contributed by atoms with Crippen LogP contribution in [0.3, 0.4) is 0 Å². The number of fused-ring (bicyclic) bond motifs is 1. The lowest BCUT2D eigenvalue weighted by Gasteiger charge is -2.09. The molecular formula is C21H17F3N4O2S. The summed E-state index contributed by atoms with van der Waals surface area (Å²) in [6, 6.07) is 13.8. The van der Waals surface area contributed by atoms with Crippen LogP contribution in [0.25, 0.3) is 22.6 Å². The Hall–Kier alpha value is -3.27. The second kappa shape index (κ2) is 8.46. The van der Waals surface area contributed by atoms with Crippen molar-refractivity contribution in [2.75, 3.05) is 11.1 Å². The van der Waals surface area contributed by atoms with E-state index in [0.717, 1.165) is 23.1 Å². The molecule has 10 heteroatoms. The SMILES string of the molecule is CCn1c(SCC(=O)Nc2ccc(C(F)(F)F)cc2)nnc1-c1cc2ccccc2o1. The summed E-state index contributed by atoms with van der Waals surface area (Å²) in [5.74, 6) is 0.806. The van der Waals surface area contributed by atoms with Gasteiger partial charge in [-0.25, -0.2) is 0 Å². The molecule has 0 fully saturated rings. The van der Waals surface area contributed by atoms with E-state index in [1.807, 2.05) is 41.8 Å². The van der Waals surface area contributed by atoms with Gasteiger partial charge in [0.25, 0.3) is 0 Å². The van der Waals surface area contributed by atoms with Crippen LogP contribution in [0.5, 0.6) is 0 Å². The number of benzene rings is 2. The van der Waals surface area contributed by atoms with Gasteiger partial charge in [0.1, 0.15) is 5.58 Å². The topological polar surface area (TPSA) is 73.0 Å². The molecule has 0 aliphatic heterocycles. The molecule has 4 rings (SSSR count). The second-order valence-corrected chi connectivity index (χ2v) is 7.55. The van der Waals surface area contributed by atoms with Crippen molar-refractivity contribution in [2.45, 2.75) is 24.8 Å². The van der Waals surface area contributed by atoms with Crippen LogP contribution in [0.1, 0.15) is 12.5 Å². The Balaban J connectivity index is 1.43. The molecule has 0 saturated heterocycles. The Morgan fingerprint density at radius 1 is 1.13 bits per heavy atom. The molecule has 2 heterocycles. The lowest BCUT2D eigenvalue weighted by atomic mass is 10.2. The third-order valence-corrected chi connectivity index (χ3v) is 5.47. The molecule has 2 aromatic carbocycles. The lowest BCUT2D eigenvalue weighted by molar-refractivity contribution is -0.137. The number of aromatic nitrogens is 3. The van der Waals surface area contributed by atoms with Crippen LogP contribution in [-0.2, 0) is 17.5 Å². The maximum absolute atomic E-state index is 12.6. The van der Waals surface area contributed by atoms with E-state index < -0.39 is 11.7 Å². The first-order chi connectivity index (χ1) is 14.8. The van der Waals surface area contributed by atoms with Gasteiger partial charge in [0, 0.05) is 17.6 Å². The summed E-state index contributed by atoms with van der Waals surface area (Å²) >= 11 is 1.18. The molecule has 4 aromatic rings. The van der Waals surface area contributed by atoms with Gasteiger partial charge in [0.05, 0.1) is 11.3 Å². The van der Waals surface area contributed by atoms with Crippen molar-refractivity contribution in [1.82, 2.24) is 14.8 Å². The Labute approximate surface area is 179 Å². The quantitative estimate of drug-likeness (QED) is 0.398. The van der Waals surface area contributed by atoms with Crippen LogP contribution >= 0.6 is 11.8 Å². The number of hydrogen-bond donors (Lipinski definition) is 1. The molecule has 0 atom stereocenters. The first kappa shape index (κ1) is 21.0. The number of para-hydroxylation sites is 1. The molecule has 2 aromatic heterocycles. The highest BCUT2D eigenvalue weighted by Gasteiger charge is 2.30. The third kappa shape index (κ3) is 4.58. The Morgan fingerprint density at radius 3 is 2.55 bits per heavy atom. The summed E-state index contributed by atoms with van der Waals surface area (Å²) < 4.78 is 45.6. The van der Waals surface area contributed by atoms with E-state index in [1.165, 1.54) is 23.9 Å². The minimum atomic E-state index is -4.42. The maximum Gasteiger partial charge on any atom is 0.416 e. The fraction of sp³-hybridized carbons (Fsp3) is 0.190. The van der Waals surface area contributed by atoms with Gasteiger partial charge in [0.15, 0.2) is 10.9 Å². The van der Waals surface area contributed by atoms with E-state index in [-0.39, 0.29) is 11.7 Å². The van der Waals surface area contributed by atoms with Crippen molar-refractivity contribution in [3.63, 3.8) is 0 Å². The summed E-state index contributed by atoms with van der Waals surface area (Å²) in [7, 11) is 0. The van der Waals surface area contributed by atoms with Crippen LogP contribution in [0.4, 0.5) is 18.9 Å². The molecule has 0 spiro atoms. The minimum Gasteiger partial charge on any atom is -0.453 e. The van der Waals surface area contributed by atoms with Crippen LogP contribution < -0.4 is 5.32 Å². The number of carbonyl (C=O) groups is 1. The number of nitrogens with one attached hydrogen (secondary N) is 1. The summed E-state index contributed by atoms with van der Waals surface area (Å²) in [6.07, 6.45) is -4.42. The molecular weight excluding hydrogens is 429 g/mol. The number of thioether (sulfide) groups is 1. The normalized spacial score (nSPS) is 11.7. The van der Waals surface area contributed by atoms with Crippen molar-refractivity contribution >= 4 is 34.3 Å². The van der Waals surface area contributed by atoms with Crippen molar-refractivity contribution < 1.29 is 22.4 Å². The number of amides is 1. The summed E-state index contributed by atoms with van der Waals surface area (Å²) in [5.41, 5.74) is 0.265. The van der Waals surface area contributed by atoms with Crippen molar-refractivity contribution in [1.29, 1.82) is 0 Å². The highest BCUT2D eigenvalue weighted by Crippen LogP contribution is 2.31. The predicted octanol–water partition coefficient (Wildman–Crippen LogP) is 5.46. The standard InChI is InChI=1S/C21H17F3N4O2S/c1-2-28-19(17-11-13-5-3-4-6-16(13)30-17)26-27-20(28)31-12-18(29)25-15-9-7-14(8-10-15)21(22,23)24/h3-11H,2,12H2,1H3,(H,25,29). The zero-order valence-corrected chi connectivity index (χ0v) is 17.1. The van der Waals surface area contributed by atoms with Gasteiger partial charge in [-0.05, 0) is 43.3 Å². The van der Waals surface area contributed by atoms with E-state index in [2.05, 4.69) is 15.5 Å². The average Bonchev–Trinajstić information content (AvgIpc) is 3.35. The maximum atomic E-state index is 12.6.